The number of likely N-dealkylation sites (tertiary alicyclic amines) is 1. The highest BCUT2D eigenvalue weighted by molar-refractivity contribution is 5.69. The quantitative estimate of drug-likeness (QED) is 0.305. The molecule has 1 aromatic rings. The van der Waals surface area contributed by atoms with Crippen molar-refractivity contribution in [2.45, 2.75) is 88.9 Å². The zero-order chi connectivity index (χ0) is 25.0. The predicted molar refractivity (Wildman–Crippen MR) is 132 cm³/mol. The summed E-state index contributed by atoms with van der Waals surface area (Å²) in [6.07, 6.45) is 8.94. The highest BCUT2D eigenvalue weighted by atomic mass is 16.5. The fourth-order valence-electron chi connectivity index (χ4n) is 5.17. The predicted octanol–water partition coefficient (Wildman–Crippen LogP) is 4.23. The Labute approximate surface area is 208 Å². The molecule has 1 N–H and O–H groups in total. The number of ether oxygens (including phenoxy) is 4. The van der Waals surface area contributed by atoms with Crippen LogP contribution >= 0.6 is 0 Å². The first-order chi connectivity index (χ1) is 17.0. The Kier molecular flexibility index (Phi) is 11.1. The standard InChI is InChI=1S/C27H41NO7/c1-32-24-13-12-20(18-25(24)33-2)15-17-34-23-9-7-6-8-22(23)28-16-14-21(19-28)35-27(31)11-5-3-4-10-26(29)30/h12-13,18,21-23H,3-11,14-17,19H2,1-2H3,(H,29,30)/t21-,22-,23-/m1/s1. The first-order valence-corrected chi connectivity index (χ1v) is 13.0. The molecule has 0 bridgehead atoms. The topological polar surface area (TPSA) is 94.5 Å². The van der Waals surface area contributed by atoms with E-state index < -0.39 is 5.97 Å². The third kappa shape index (κ3) is 8.69. The number of carbonyl (C=O) groups is 2. The molecule has 35 heavy (non-hydrogen) atoms. The van der Waals surface area contributed by atoms with Gasteiger partial charge in [0, 0.05) is 32.0 Å². The van der Waals surface area contributed by atoms with Gasteiger partial charge < -0.3 is 24.1 Å². The molecule has 8 heteroatoms. The number of unbranched alkanes of at least 4 members (excludes halogenated alkanes) is 2. The highest BCUT2D eigenvalue weighted by Crippen LogP contribution is 2.30. The number of carboxylic acid groups (broad SMARTS) is 1. The molecule has 1 aliphatic carbocycles. The molecule has 0 aromatic heterocycles. The summed E-state index contributed by atoms with van der Waals surface area (Å²) in [6.45, 7) is 2.35. The SMILES string of the molecule is COc1ccc(CCO[C@@H]2CCCC[C@H]2N2CC[C@@H](OC(=O)CCCCCC(=O)O)C2)cc1OC. The molecule has 0 unspecified atom stereocenters. The maximum atomic E-state index is 12.2. The number of carboxylic acids is 1. The van der Waals surface area contributed by atoms with Gasteiger partial charge in [-0.05, 0) is 56.2 Å². The summed E-state index contributed by atoms with van der Waals surface area (Å²) < 4.78 is 22.8. The van der Waals surface area contributed by atoms with Gasteiger partial charge in [-0.2, -0.15) is 0 Å². The van der Waals surface area contributed by atoms with Crippen LogP contribution in [0.1, 0.15) is 69.8 Å². The largest absolute Gasteiger partial charge is 0.493 e. The number of nitrogens with zero attached hydrogens (tertiary/aromatic N) is 1. The lowest BCUT2D eigenvalue weighted by Gasteiger charge is -2.37. The molecule has 1 saturated heterocycles. The second-order valence-corrected chi connectivity index (χ2v) is 9.55. The number of hydrogen-bond acceptors (Lipinski definition) is 7. The van der Waals surface area contributed by atoms with E-state index in [1.807, 2.05) is 12.1 Å². The van der Waals surface area contributed by atoms with E-state index in [-0.39, 0.29) is 24.6 Å². The van der Waals surface area contributed by atoms with Crippen molar-refractivity contribution in [1.82, 2.24) is 4.90 Å². The molecule has 0 radical (unpaired) electrons. The number of hydrogen-bond donors (Lipinski definition) is 1. The van der Waals surface area contributed by atoms with Crippen molar-refractivity contribution in [3.05, 3.63) is 23.8 Å². The summed E-state index contributed by atoms with van der Waals surface area (Å²) >= 11 is 0. The average molecular weight is 492 g/mol. The minimum atomic E-state index is -0.787. The maximum absolute atomic E-state index is 12.2. The lowest BCUT2D eigenvalue weighted by Crippen LogP contribution is -2.46. The maximum Gasteiger partial charge on any atom is 0.306 e. The van der Waals surface area contributed by atoms with Crippen molar-refractivity contribution in [3.8, 4) is 11.5 Å². The minimum Gasteiger partial charge on any atom is -0.493 e. The summed E-state index contributed by atoms with van der Waals surface area (Å²) in [6, 6.07) is 6.36. The van der Waals surface area contributed by atoms with Gasteiger partial charge in [-0.25, -0.2) is 0 Å². The van der Waals surface area contributed by atoms with Gasteiger partial charge in [-0.1, -0.05) is 25.3 Å². The first kappa shape index (κ1) is 27.3. The lowest BCUT2D eigenvalue weighted by atomic mass is 9.91. The van der Waals surface area contributed by atoms with E-state index in [4.69, 9.17) is 24.1 Å². The second kappa shape index (κ2) is 14.3. The van der Waals surface area contributed by atoms with Crippen molar-refractivity contribution in [3.63, 3.8) is 0 Å². The Balaban J connectivity index is 1.41. The van der Waals surface area contributed by atoms with Crippen molar-refractivity contribution < 1.29 is 33.6 Å². The molecule has 3 rings (SSSR count). The van der Waals surface area contributed by atoms with Crippen LogP contribution in [0.4, 0.5) is 0 Å². The lowest BCUT2D eigenvalue weighted by molar-refractivity contribution is -0.148. The summed E-state index contributed by atoms with van der Waals surface area (Å²) in [5, 5.41) is 8.69. The van der Waals surface area contributed by atoms with E-state index in [1.54, 1.807) is 14.2 Å². The Morgan fingerprint density at radius 2 is 1.77 bits per heavy atom. The van der Waals surface area contributed by atoms with Gasteiger partial charge in [0.15, 0.2) is 11.5 Å². The highest BCUT2D eigenvalue weighted by Gasteiger charge is 2.36. The van der Waals surface area contributed by atoms with Gasteiger partial charge in [-0.15, -0.1) is 0 Å². The van der Waals surface area contributed by atoms with Crippen LogP contribution in [-0.2, 0) is 25.5 Å². The van der Waals surface area contributed by atoms with Crippen LogP contribution in [-0.4, -0.2) is 74.1 Å². The summed E-state index contributed by atoms with van der Waals surface area (Å²) in [4.78, 5) is 25.2. The van der Waals surface area contributed by atoms with Gasteiger partial charge in [0.05, 0.1) is 26.9 Å². The van der Waals surface area contributed by atoms with E-state index in [0.29, 0.717) is 31.9 Å². The number of methoxy groups -OCH3 is 2. The molecule has 1 heterocycles. The van der Waals surface area contributed by atoms with Crippen molar-refractivity contribution in [2.75, 3.05) is 33.9 Å². The van der Waals surface area contributed by atoms with E-state index >= 15 is 0 Å². The zero-order valence-electron chi connectivity index (χ0n) is 21.2. The molecule has 0 amide bonds. The zero-order valence-corrected chi connectivity index (χ0v) is 21.2. The van der Waals surface area contributed by atoms with E-state index in [1.165, 1.54) is 12.8 Å². The Morgan fingerprint density at radius 1 is 1.00 bits per heavy atom. The molecule has 2 aliphatic rings. The second-order valence-electron chi connectivity index (χ2n) is 9.55. The number of aliphatic carboxylic acids is 1. The van der Waals surface area contributed by atoms with Crippen LogP contribution in [0.25, 0.3) is 0 Å². The van der Waals surface area contributed by atoms with Crippen LogP contribution in [0.15, 0.2) is 18.2 Å². The van der Waals surface area contributed by atoms with Crippen LogP contribution in [0.2, 0.25) is 0 Å². The van der Waals surface area contributed by atoms with Crippen LogP contribution in [0.5, 0.6) is 11.5 Å². The van der Waals surface area contributed by atoms with Crippen molar-refractivity contribution in [2.24, 2.45) is 0 Å². The molecule has 8 nitrogen and oxygen atoms in total. The van der Waals surface area contributed by atoms with E-state index in [2.05, 4.69) is 11.0 Å². The van der Waals surface area contributed by atoms with Crippen LogP contribution in [0.3, 0.4) is 0 Å². The van der Waals surface area contributed by atoms with Crippen molar-refractivity contribution in [1.29, 1.82) is 0 Å². The van der Waals surface area contributed by atoms with E-state index in [0.717, 1.165) is 62.3 Å². The van der Waals surface area contributed by atoms with Crippen LogP contribution in [0, 0.1) is 0 Å². The normalized spacial score (nSPS) is 22.6. The monoisotopic (exact) mass is 491 g/mol. The molecule has 2 fully saturated rings. The molecule has 1 aromatic carbocycles. The van der Waals surface area contributed by atoms with Gasteiger partial charge in [0.2, 0.25) is 0 Å². The third-order valence-electron chi connectivity index (χ3n) is 7.05. The van der Waals surface area contributed by atoms with Gasteiger partial charge in [-0.3, -0.25) is 14.5 Å². The fourth-order valence-corrected chi connectivity index (χ4v) is 5.17. The fraction of sp³-hybridized carbons (Fsp3) is 0.704. The molecule has 0 spiro atoms. The van der Waals surface area contributed by atoms with E-state index in [9.17, 15) is 9.59 Å². The number of benzene rings is 1. The molecular formula is C27H41NO7. The first-order valence-electron chi connectivity index (χ1n) is 13.0. The number of esters is 1. The van der Waals surface area contributed by atoms with Gasteiger partial charge in [0.1, 0.15) is 6.10 Å². The summed E-state index contributed by atoms with van der Waals surface area (Å²) in [7, 11) is 3.28. The van der Waals surface area contributed by atoms with Gasteiger partial charge in [0.25, 0.3) is 0 Å². The minimum absolute atomic E-state index is 0.0594. The third-order valence-corrected chi connectivity index (χ3v) is 7.05. The molecule has 3 atom stereocenters. The summed E-state index contributed by atoms with van der Waals surface area (Å²) in [5.41, 5.74) is 1.16. The molecule has 196 valence electrons. The number of carbonyl (C=O) groups excluding carboxylic acids is 1. The Bertz CT molecular complexity index is 815. The summed E-state index contributed by atoms with van der Waals surface area (Å²) in [5.74, 6) is 0.508. The Morgan fingerprint density at radius 3 is 2.54 bits per heavy atom. The molecular weight excluding hydrogens is 450 g/mol. The van der Waals surface area contributed by atoms with Gasteiger partial charge >= 0.3 is 11.9 Å². The molecule has 1 saturated carbocycles. The average Bonchev–Trinajstić information content (AvgIpc) is 3.32. The molecule has 1 aliphatic heterocycles. The van der Waals surface area contributed by atoms with Crippen molar-refractivity contribution >= 4 is 11.9 Å². The smallest absolute Gasteiger partial charge is 0.306 e. The number of rotatable bonds is 14. The Hall–Kier alpha value is -2.32. The van der Waals surface area contributed by atoms with Crippen LogP contribution < -0.4 is 9.47 Å².